The molecule has 2 rings (SSSR count). The molecule has 0 saturated carbocycles. The molecule has 0 spiro atoms. The summed E-state index contributed by atoms with van der Waals surface area (Å²) in [6, 6.07) is 3.34. The first-order valence-electron chi connectivity index (χ1n) is 5.92. The third-order valence-electron chi connectivity index (χ3n) is 2.96. The van der Waals surface area contributed by atoms with Gasteiger partial charge in [0.15, 0.2) is 5.82 Å². The second-order valence-electron chi connectivity index (χ2n) is 4.49. The minimum atomic E-state index is -0.644. The summed E-state index contributed by atoms with van der Waals surface area (Å²) in [4.78, 5) is 4.09. The van der Waals surface area contributed by atoms with Crippen LogP contribution in [0.5, 0.6) is 0 Å². The van der Waals surface area contributed by atoms with Crippen molar-refractivity contribution in [3.63, 3.8) is 0 Å². The SMILES string of the molecule is CC(O)C(C)c1nc(Cc2ccc(F)cc2F)no1. The molecule has 19 heavy (non-hydrogen) atoms. The van der Waals surface area contributed by atoms with E-state index >= 15 is 0 Å². The van der Waals surface area contributed by atoms with E-state index in [2.05, 4.69) is 10.1 Å². The van der Waals surface area contributed by atoms with E-state index in [-0.39, 0.29) is 12.3 Å². The van der Waals surface area contributed by atoms with Crippen LogP contribution in [0.3, 0.4) is 0 Å². The number of benzene rings is 1. The Hall–Kier alpha value is -1.82. The number of aliphatic hydroxyl groups is 1. The van der Waals surface area contributed by atoms with Crippen molar-refractivity contribution in [2.45, 2.75) is 32.3 Å². The molecule has 1 aromatic heterocycles. The Morgan fingerprint density at radius 2 is 2.05 bits per heavy atom. The van der Waals surface area contributed by atoms with Crippen LogP contribution < -0.4 is 0 Å². The molecule has 2 atom stereocenters. The fraction of sp³-hybridized carbons (Fsp3) is 0.385. The van der Waals surface area contributed by atoms with Crippen LogP contribution in [0.2, 0.25) is 0 Å². The molecule has 1 heterocycles. The quantitative estimate of drug-likeness (QED) is 0.925. The molecular weight excluding hydrogens is 254 g/mol. The van der Waals surface area contributed by atoms with Gasteiger partial charge in [-0.15, -0.1) is 0 Å². The summed E-state index contributed by atoms with van der Waals surface area (Å²) in [5.74, 6) is -0.965. The van der Waals surface area contributed by atoms with E-state index in [1.165, 1.54) is 12.1 Å². The average molecular weight is 268 g/mol. The van der Waals surface area contributed by atoms with Crippen molar-refractivity contribution < 1.29 is 18.4 Å². The maximum Gasteiger partial charge on any atom is 0.232 e. The Labute approximate surface area is 109 Å². The molecule has 1 aromatic carbocycles. The molecule has 2 unspecified atom stereocenters. The van der Waals surface area contributed by atoms with Gasteiger partial charge in [-0.3, -0.25) is 0 Å². The molecule has 0 amide bonds. The zero-order valence-electron chi connectivity index (χ0n) is 10.6. The largest absolute Gasteiger partial charge is 0.393 e. The first-order valence-corrected chi connectivity index (χ1v) is 5.92. The van der Waals surface area contributed by atoms with Gasteiger partial charge in [0, 0.05) is 12.5 Å². The Kier molecular flexibility index (Phi) is 3.90. The first kappa shape index (κ1) is 13.6. The standard InChI is InChI=1S/C13H14F2N2O2/c1-7(8(2)18)13-16-12(17-19-13)5-9-3-4-10(14)6-11(9)15/h3-4,6-8,18H,5H2,1-2H3. The maximum absolute atomic E-state index is 13.5. The lowest BCUT2D eigenvalue weighted by Gasteiger charge is -2.08. The Bertz CT molecular complexity index is 570. The second-order valence-corrected chi connectivity index (χ2v) is 4.49. The molecule has 1 N–H and O–H groups in total. The lowest BCUT2D eigenvalue weighted by Crippen LogP contribution is -2.11. The molecule has 0 aliphatic rings. The zero-order valence-corrected chi connectivity index (χ0v) is 10.6. The first-order chi connectivity index (χ1) is 8.97. The van der Waals surface area contributed by atoms with E-state index in [0.717, 1.165) is 6.07 Å². The lowest BCUT2D eigenvalue weighted by molar-refractivity contribution is 0.151. The highest BCUT2D eigenvalue weighted by Crippen LogP contribution is 2.18. The smallest absolute Gasteiger partial charge is 0.232 e. The van der Waals surface area contributed by atoms with Crippen molar-refractivity contribution in [2.24, 2.45) is 0 Å². The van der Waals surface area contributed by atoms with E-state index in [1.807, 2.05) is 0 Å². The molecule has 0 aliphatic heterocycles. The summed E-state index contributed by atoms with van der Waals surface area (Å²) in [5.41, 5.74) is 0.290. The fourth-order valence-corrected chi connectivity index (χ4v) is 1.57. The number of hydrogen-bond donors (Lipinski definition) is 1. The third kappa shape index (κ3) is 3.14. The molecular formula is C13H14F2N2O2. The van der Waals surface area contributed by atoms with Gasteiger partial charge in [0.2, 0.25) is 5.89 Å². The molecule has 0 fully saturated rings. The van der Waals surface area contributed by atoms with Gasteiger partial charge in [-0.2, -0.15) is 4.98 Å². The summed E-state index contributed by atoms with van der Waals surface area (Å²) in [7, 11) is 0. The van der Waals surface area contributed by atoms with Gasteiger partial charge >= 0.3 is 0 Å². The molecule has 0 bridgehead atoms. The summed E-state index contributed by atoms with van der Waals surface area (Å²) in [6.45, 7) is 3.37. The number of hydrogen-bond acceptors (Lipinski definition) is 4. The van der Waals surface area contributed by atoms with Gasteiger partial charge in [-0.1, -0.05) is 18.1 Å². The topological polar surface area (TPSA) is 59.2 Å². The zero-order chi connectivity index (χ0) is 14.0. The summed E-state index contributed by atoms with van der Waals surface area (Å²) in [5, 5.41) is 13.1. The summed E-state index contributed by atoms with van der Waals surface area (Å²) >= 11 is 0. The Morgan fingerprint density at radius 3 is 2.68 bits per heavy atom. The monoisotopic (exact) mass is 268 g/mol. The van der Waals surface area contributed by atoms with Gasteiger partial charge in [0.05, 0.1) is 12.0 Å². The van der Waals surface area contributed by atoms with Gasteiger partial charge in [-0.05, 0) is 18.6 Å². The van der Waals surface area contributed by atoms with E-state index in [1.54, 1.807) is 13.8 Å². The van der Waals surface area contributed by atoms with Crippen LogP contribution in [-0.2, 0) is 6.42 Å². The number of aliphatic hydroxyl groups excluding tert-OH is 1. The van der Waals surface area contributed by atoms with Crippen molar-refractivity contribution >= 4 is 0 Å². The van der Waals surface area contributed by atoms with Gasteiger partial charge in [-0.25, -0.2) is 8.78 Å². The average Bonchev–Trinajstić information content (AvgIpc) is 2.80. The highest BCUT2D eigenvalue weighted by Gasteiger charge is 2.19. The lowest BCUT2D eigenvalue weighted by atomic mass is 10.1. The Morgan fingerprint density at radius 1 is 1.32 bits per heavy atom. The molecule has 102 valence electrons. The van der Waals surface area contributed by atoms with Gasteiger partial charge in [0.1, 0.15) is 11.6 Å². The van der Waals surface area contributed by atoms with Crippen LogP contribution in [0.4, 0.5) is 8.78 Å². The summed E-state index contributed by atoms with van der Waals surface area (Å²) < 4.78 is 31.2. The highest BCUT2D eigenvalue weighted by molar-refractivity contribution is 5.21. The van der Waals surface area contributed by atoms with Gasteiger partial charge in [0.25, 0.3) is 0 Å². The molecule has 0 aliphatic carbocycles. The van der Waals surface area contributed by atoms with Gasteiger partial charge < -0.3 is 9.63 Å². The molecule has 0 radical (unpaired) electrons. The normalized spacial score (nSPS) is 14.4. The van der Waals surface area contributed by atoms with E-state index in [4.69, 9.17) is 4.52 Å². The van der Waals surface area contributed by atoms with E-state index in [0.29, 0.717) is 17.3 Å². The van der Waals surface area contributed by atoms with Crippen LogP contribution in [0, 0.1) is 11.6 Å². The van der Waals surface area contributed by atoms with Crippen molar-refractivity contribution in [1.29, 1.82) is 0 Å². The molecule has 6 heteroatoms. The van der Waals surface area contributed by atoms with Crippen LogP contribution in [0.25, 0.3) is 0 Å². The van der Waals surface area contributed by atoms with E-state index in [9.17, 15) is 13.9 Å². The van der Waals surface area contributed by atoms with Crippen molar-refractivity contribution in [3.05, 3.63) is 47.1 Å². The van der Waals surface area contributed by atoms with Crippen LogP contribution in [-0.4, -0.2) is 21.4 Å². The second kappa shape index (κ2) is 5.44. The minimum absolute atomic E-state index is 0.113. The van der Waals surface area contributed by atoms with Crippen LogP contribution in [0.1, 0.15) is 37.0 Å². The molecule has 2 aromatic rings. The number of nitrogens with zero attached hydrogens (tertiary/aromatic N) is 2. The predicted octanol–water partition coefficient (Wildman–Crippen LogP) is 2.42. The van der Waals surface area contributed by atoms with Crippen LogP contribution in [0.15, 0.2) is 22.7 Å². The van der Waals surface area contributed by atoms with Crippen molar-refractivity contribution in [1.82, 2.24) is 10.1 Å². The van der Waals surface area contributed by atoms with Crippen molar-refractivity contribution in [2.75, 3.05) is 0 Å². The molecule has 4 nitrogen and oxygen atoms in total. The highest BCUT2D eigenvalue weighted by atomic mass is 19.1. The van der Waals surface area contributed by atoms with Crippen molar-refractivity contribution in [3.8, 4) is 0 Å². The number of aromatic nitrogens is 2. The fourth-order valence-electron chi connectivity index (χ4n) is 1.57. The van der Waals surface area contributed by atoms with Crippen LogP contribution >= 0.6 is 0 Å². The maximum atomic E-state index is 13.5. The molecule has 0 saturated heterocycles. The third-order valence-corrected chi connectivity index (χ3v) is 2.96. The predicted molar refractivity (Wildman–Crippen MR) is 63.6 cm³/mol. The van der Waals surface area contributed by atoms with E-state index < -0.39 is 17.7 Å². The minimum Gasteiger partial charge on any atom is -0.393 e. The number of halogens is 2. The number of rotatable bonds is 4. The summed E-state index contributed by atoms with van der Waals surface area (Å²) in [6.07, 6.45) is -0.502. The Balaban J connectivity index is 2.16.